The molecule has 0 saturated heterocycles. The summed E-state index contributed by atoms with van der Waals surface area (Å²) in [6.45, 7) is 0. The van der Waals surface area contributed by atoms with Gasteiger partial charge in [0.1, 0.15) is 11.4 Å². The molecule has 1 aliphatic heterocycles. The largest absolute Gasteiger partial charge is 0.356 e. The van der Waals surface area contributed by atoms with Crippen molar-refractivity contribution in [1.29, 1.82) is 0 Å². The normalized spacial score (nSPS) is 14.0. The Bertz CT molecular complexity index is 504. The SMILES string of the molecule is c1ccc2c(c1)CC(c1c[nH]nn1)=NO2. The summed E-state index contributed by atoms with van der Waals surface area (Å²) in [7, 11) is 0. The van der Waals surface area contributed by atoms with Crippen LogP contribution in [0, 0.1) is 0 Å². The number of aromatic nitrogens is 3. The predicted octanol–water partition coefficient (Wildman–Crippen LogP) is 1.14. The van der Waals surface area contributed by atoms with Crippen LogP contribution in [0.4, 0.5) is 0 Å². The minimum absolute atomic E-state index is 0.725. The molecule has 5 nitrogen and oxygen atoms in total. The van der Waals surface area contributed by atoms with Crippen molar-refractivity contribution in [3.05, 3.63) is 41.7 Å². The highest BCUT2D eigenvalue weighted by atomic mass is 16.6. The number of hydrogen-bond donors (Lipinski definition) is 1. The molecule has 0 spiro atoms. The second-order valence-corrected chi connectivity index (χ2v) is 3.27. The molecule has 0 atom stereocenters. The molecule has 1 aromatic heterocycles. The summed E-state index contributed by atoms with van der Waals surface area (Å²) in [5.74, 6) is 0.810. The Morgan fingerprint density at radius 1 is 1.27 bits per heavy atom. The van der Waals surface area contributed by atoms with Gasteiger partial charge in [-0.25, -0.2) is 0 Å². The van der Waals surface area contributed by atoms with Crippen LogP contribution in [0.5, 0.6) is 5.75 Å². The Morgan fingerprint density at radius 3 is 3.07 bits per heavy atom. The first-order chi connectivity index (χ1) is 7.43. The van der Waals surface area contributed by atoms with Gasteiger partial charge in [-0.15, -0.1) is 5.10 Å². The van der Waals surface area contributed by atoms with Crippen molar-refractivity contribution in [1.82, 2.24) is 15.4 Å². The summed E-state index contributed by atoms with van der Waals surface area (Å²) in [6, 6.07) is 7.83. The minimum Gasteiger partial charge on any atom is -0.356 e. The summed E-state index contributed by atoms with van der Waals surface area (Å²) >= 11 is 0. The van der Waals surface area contributed by atoms with Crippen LogP contribution in [0.25, 0.3) is 0 Å². The standard InChI is InChI=1S/C10H8N4O/c1-2-4-10-7(3-1)5-8(13-15-10)9-6-11-14-12-9/h1-4,6H,5H2,(H,11,12,14). The highest BCUT2D eigenvalue weighted by Crippen LogP contribution is 2.23. The number of fused-ring (bicyclic) bond motifs is 1. The van der Waals surface area contributed by atoms with E-state index in [9.17, 15) is 0 Å². The van der Waals surface area contributed by atoms with Gasteiger partial charge in [0.15, 0.2) is 5.75 Å². The number of oxime groups is 1. The number of rotatable bonds is 1. The number of nitrogens with zero attached hydrogens (tertiary/aromatic N) is 3. The molecule has 0 amide bonds. The molecule has 74 valence electrons. The summed E-state index contributed by atoms with van der Waals surface area (Å²) < 4.78 is 0. The Kier molecular flexibility index (Phi) is 1.74. The summed E-state index contributed by atoms with van der Waals surface area (Å²) in [4.78, 5) is 5.27. The molecule has 1 N–H and O–H groups in total. The van der Waals surface area contributed by atoms with Gasteiger partial charge in [0, 0.05) is 12.0 Å². The molecule has 15 heavy (non-hydrogen) atoms. The van der Waals surface area contributed by atoms with Gasteiger partial charge in [-0.1, -0.05) is 28.6 Å². The quantitative estimate of drug-likeness (QED) is 0.750. The van der Waals surface area contributed by atoms with E-state index in [2.05, 4.69) is 20.6 Å². The lowest BCUT2D eigenvalue weighted by molar-refractivity contribution is 0.330. The third kappa shape index (κ3) is 1.38. The van der Waals surface area contributed by atoms with Gasteiger partial charge in [0.05, 0.1) is 6.20 Å². The number of aromatic amines is 1. The first-order valence-corrected chi connectivity index (χ1v) is 4.62. The molecule has 0 fully saturated rings. The zero-order valence-electron chi connectivity index (χ0n) is 7.84. The maximum Gasteiger partial charge on any atom is 0.161 e. The molecule has 5 heteroatoms. The average Bonchev–Trinajstić information content (AvgIpc) is 2.82. The molecule has 1 aromatic carbocycles. The second-order valence-electron chi connectivity index (χ2n) is 3.27. The number of nitrogens with one attached hydrogen (secondary N) is 1. The molecule has 0 radical (unpaired) electrons. The van der Waals surface area contributed by atoms with Crippen LogP contribution >= 0.6 is 0 Å². The van der Waals surface area contributed by atoms with Crippen LogP contribution in [-0.2, 0) is 6.42 Å². The molecule has 0 unspecified atom stereocenters. The lowest BCUT2D eigenvalue weighted by Crippen LogP contribution is -2.13. The Labute approximate surface area is 85.8 Å². The fourth-order valence-corrected chi connectivity index (χ4v) is 1.54. The van der Waals surface area contributed by atoms with Crippen LogP contribution in [0.1, 0.15) is 11.3 Å². The zero-order chi connectivity index (χ0) is 10.1. The fraction of sp³-hybridized carbons (Fsp3) is 0.100. The van der Waals surface area contributed by atoms with Crippen LogP contribution in [0.3, 0.4) is 0 Å². The van der Waals surface area contributed by atoms with Crippen LogP contribution in [0.2, 0.25) is 0 Å². The van der Waals surface area contributed by atoms with Crippen LogP contribution in [0.15, 0.2) is 35.6 Å². The molecule has 3 rings (SSSR count). The van der Waals surface area contributed by atoms with Crippen LogP contribution < -0.4 is 4.84 Å². The Hall–Kier alpha value is -2.17. The molecule has 0 bridgehead atoms. The second kappa shape index (κ2) is 3.20. The molecule has 2 heterocycles. The van der Waals surface area contributed by atoms with E-state index in [4.69, 9.17) is 4.84 Å². The van der Waals surface area contributed by atoms with E-state index in [0.717, 1.165) is 29.1 Å². The van der Waals surface area contributed by atoms with Crippen molar-refractivity contribution >= 4 is 5.71 Å². The van der Waals surface area contributed by atoms with E-state index in [-0.39, 0.29) is 0 Å². The fourth-order valence-electron chi connectivity index (χ4n) is 1.54. The monoisotopic (exact) mass is 200 g/mol. The number of para-hydroxylation sites is 1. The third-order valence-electron chi connectivity index (χ3n) is 2.30. The number of benzene rings is 1. The maximum absolute atomic E-state index is 5.27. The Balaban J connectivity index is 1.96. The smallest absolute Gasteiger partial charge is 0.161 e. The molecular formula is C10H8N4O. The lowest BCUT2D eigenvalue weighted by atomic mass is 10.1. The van der Waals surface area contributed by atoms with Gasteiger partial charge in [-0.3, -0.25) is 5.10 Å². The third-order valence-corrected chi connectivity index (χ3v) is 2.30. The predicted molar refractivity (Wildman–Crippen MR) is 53.7 cm³/mol. The summed E-state index contributed by atoms with van der Waals surface area (Å²) in [6.07, 6.45) is 2.43. The first-order valence-electron chi connectivity index (χ1n) is 4.62. The van der Waals surface area contributed by atoms with Gasteiger partial charge in [0.25, 0.3) is 0 Å². The van der Waals surface area contributed by atoms with Crippen molar-refractivity contribution in [3.63, 3.8) is 0 Å². The summed E-state index contributed by atoms with van der Waals surface area (Å²) in [5, 5.41) is 14.2. The van der Waals surface area contributed by atoms with Gasteiger partial charge in [-0.05, 0) is 6.07 Å². The van der Waals surface area contributed by atoms with E-state index in [1.807, 2.05) is 24.3 Å². The van der Waals surface area contributed by atoms with Gasteiger partial charge >= 0.3 is 0 Å². The van der Waals surface area contributed by atoms with Crippen molar-refractivity contribution < 1.29 is 4.84 Å². The van der Waals surface area contributed by atoms with Crippen LogP contribution in [-0.4, -0.2) is 21.1 Å². The van der Waals surface area contributed by atoms with E-state index in [1.165, 1.54) is 0 Å². The molecule has 0 aliphatic carbocycles. The van der Waals surface area contributed by atoms with E-state index in [1.54, 1.807) is 6.20 Å². The van der Waals surface area contributed by atoms with Gasteiger partial charge < -0.3 is 4.84 Å². The molecule has 2 aromatic rings. The average molecular weight is 200 g/mol. The topological polar surface area (TPSA) is 63.2 Å². The number of hydrogen-bond acceptors (Lipinski definition) is 4. The van der Waals surface area contributed by atoms with E-state index in [0.29, 0.717) is 0 Å². The van der Waals surface area contributed by atoms with E-state index >= 15 is 0 Å². The molecule has 0 saturated carbocycles. The van der Waals surface area contributed by atoms with Gasteiger partial charge in [0.2, 0.25) is 0 Å². The van der Waals surface area contributed by atoms with Crippen molar-refractivity contribution in [2.24, 2.45) is 5.16 Å². The first kappa shape index (κ1) is 8.16. The lowest BCUT2D eigenvalue weighted by Gasteiger charge is -2.13. The van der Waals surface area contributed by atoms with Crippen molar-refractivity contribution in [2.75, 3.05) is 0 Å². The highest BCUT2D eigenvalue weighted by Gasteiger charge is 2.16. The van der Waals surface area contributed by atoms with Crippen molar-refractivity contribution in [3.8, 4) is 5.75 Å². The molecular weight excluding hydrogens is 192 g/mol. The highest BCUT2D eigenvalue weighted by molar-refractivity contribution is 6.00. The zero-order valence-corrected chi connectivity index (χ0v) is 7.84. The van der Waals surface area contributed by atoms with Crippen molar-refractivity contribution in [2.45, 2.75) is 6.42 Å². The summed E-state index contributed by atoms with van der Waals surface area (Å²) in [5.41, 5.74) is 2.64. The maximum atomic E-state index is 5.27. The van der Waals surface area contributed by atoms with E-state index < -0.39 is 0 Å². The minimum atomic E-state index is 0.725. The van der Waals surface area contributed by atoms with Gasteiger partial charge in [-0.2, -0.15) is 0 Å². The Morgan fingerprint density at radius 2 is 2.20 bits per heavy atom. The molecule has 1 aliphatic rings. The number of H-pyrrole nitrogens is 1.